The van der Waals surface area contributed by atoms with Crippen molar-refractivity contribution in [3.8, 4) is 5.75 Å². The fourth-order valence-electron chi connectivity index (χ4n) is 1.68. The van der Waals surface area contributed by atoms with Crippen molar-refractivity contribution < 1.29 is 4.74 Å². The Hall–Kier alpha value is -1.77. The summed E-state index contributed by atoms with van der Waals surface area (Å²) in [5.41, 5.74) is 7.54. The monoisotopic (exact) mass is 273 g/mol. The molecule has 0 fully saturated rings. The molecule has 2 rings (SSSR count). The Bertz CT molecular complexity index is 552. The third-order valence-electron chi connectivity index (χ3n) is 2.64. The maximum absolute atomic E-state index is 6.18. The minimum Gasteiger partial charge on any atom is -0.487 e. The molecule has 0 atom stereocenters. The number of ether oxygens (including phenoxy) is 1. The van der Waals surface area contributed by atoms with E-state index in [4.69, 9.17) is 22.1 Å². The van der Waals surface area contributed by atoms with Crippen molar-refractivity contribution in [1.29, 1.82) is 0 Å². The topological polar surface area (TPSA) is 35.2 Å². The molecule has 98 valence electrons. The first kappa shape index (κ1) is 13.7. The molecule has 0 spiro atoms. The molecule has 2 aromatic rings. The zero-order chi connectivity index (χ0) is 13.5. The van der Waals surface area contributed by atoms with Crippen molar-refractivity contribution in [2.75, 3.05) is 6.54 Å². The van der Waals surface area contributed by atoms with E-state index in [0.717, 1.165) is 11.1 Å². The first-order valence-electron chi connectivity index (χ1n) is 6.12. The minimum atomic E-state index is 0.512. The van der Waals surface area contributed by atoms with Crippen LogP contribution in [0.2, 0.25) is 5.02 Å². The maximum atomic E-state index is 6.18. The van der Waals surface area contributed by atoms with Crippen LogP contribution >= 0.6 is 11.6 Å². The number of hydrogen-bond acceptors (Lipinski definition) is 2. The first-order chi connectivity index (χ1) is 9.29. The van der Waals surface area contributed by atoms with E-state index in [1.54, 1.807) is 0 Å². The smallest absolute Gasteiger partial charge is 0.138 e. The Balaban J connectivity index is 2.03. The molecular formula is C16H16ClNO. The van der Waals surface area contributed by atoms with Gasteiger partial charge in [0.25, 0.3) is 0 Å². The standard InChI is InChI=1S/C16H16ClNO/c17-15-11-13(7-4-10-18)8-9-16(15)19-12-14-5-2-1-3-6-14/h1-9,11H,10,12,18H2/b7-4+. The molecule has 0 aliphatic rings. The Labute approximate surface area is 118 Å². The summed E-state index contributed by atoms with van der Waals surface area (Å²) in [4.78, 5) is 0. The van der Waals surface area contributed by atoms with E-state index in [-0.39, 0.29) is 0 Å². The van der Waals surface area contributed by atoms with Crippen LogP contribution in [-0.2, 0) is 6.61 Å². The molecule has 0 aliphatic heterocycles. The van der Waals surface area contributed by atoms with E-state index >= 15 is 0 Å². The van der Waals surface area contributed by atoms with E-state index in [1.165, 1.54) is 0 Å². The van der Waals surface area contributed by atoms with Crippen LogP contribution in [0.1, 0.15) is 11.1 Å². The van der Waals surface area contributed by atoms with Gasteiger partial charge in [-0.2, -0.15) is 0 Å². The number of nitrogens with two attached hydrogens (primary N) is 1. The average Bonchev–Trinajstić information content (AvgIpc) is 2.45. The third kappa shape index (κ3) is 4.12. The fraction of sp³-hybridized carbons (Fsp3) is 0.125. The normalized spacial score (nSPS) is 10.8. The minimum absolute atomic E-state index is 0.512. The highest BCUT2D eigenvalue weighted by molar-refractivity contribution is 6.32. The molecule has 0 aliphatic carbocycles. The molecule has 3 heteroatoms. The second-order valence-electron chi connectivity index (χ2n) is 4.10. The van der Waals surface area contributed by atoms with E-state index in [9.17, 15) is 0 Å². The number of hydrogen-bond donors (Lipinski definition) is 1. The summed E-state index contributed by atoms with van der Waals surface area (Å²) in [6.07, 6.45) is 3.82. The molecule has 0 amide bonds. The first-order valence-corrected chi connectivity index (χ1v) is 6.50. The maximum Gasteiger partial charge on any atom is 0.138 e. The molecule has 2 nitrogen and oxygen atoms in total. The lowest BCUT2D eigenvalue weighted by atomic mass is 10.2. The van der Waals surface area contributed by atoms with Gasteiger partial charge in [-0.15, -0.1) is 0 Å². The van der Waals surface area contributed by atoms with E-state index in [2.05, 4.69) is 0 Å². The molecule has 0 aromatic heterocycles. The van der Waals surface area contributed by atoms with Crippen molar-refractivity contribution in [3.05, 3.63) is 70.8 Å². The Kier molecular flexibility index (Phi) is 5.01. The molecule has 2 N–H and O–H groups in total. The second kappa shape index (κ2) is 6.98. The molecule has 0 unspecified atom stereocenters. The van der Waals surface area contributed by atoms with Gasteiger partial charge in [-0.3, -0.25) is 0 Å². The fourth-order valence-corrected chi connectivity index (χ4v) is 1.92. The summed E-state index contributed by atoms with van der Waals surface area (Å²) in [5, 5.41) is 0.607. The van der Waals surface area contributed by atoms with Crippen molar-refractivity contribution in [1.82, 2.24) is 0 Å². The number of halogens is 1. The lowest BCUT2D eigenvalue weighted by Gasteiger charge is -2.08. The highest BCUT2D eigenvalue weighted by Gasteiger charge is 2.02. The van der Waals surface area contributed by atoms with E-state index < -0.39 is 0 Å². The van der Waals surface area contributed by atoms with Gasteiger partial charge < -0.3 is 10.5 Å². The van der Waals surface area contributed by atoms with Crippen LogP contribution in [0.25, 0.3) is 6.08 Å². The van der Waals surface area contributed by atoms with Gasteiger partial charge >= 0.3 is 0 Å². The van der Waals surface area contributed by atoms with Crippen molar-refractivity contribution >= 4 is 17.7 Å². The highest BCUT2D eigenvalue weighted by atomic mass is 35.5. The lowest BCUT2D eigenvalue weighted by Crippen LogP contribution is -1.95. The van der Waals surface area contributed by atoms with Crippen LogP contribution in [0.5, 0.6) is 5.75 Å². The average molecular weight is 274 g/mol. The summed E-state index contributed by atoms with van der Waals surface area (Å²) in [6, 6.07) is 15.7. The van der Waals surface area contributed by atoms with Crippen LogP contribution in [0.4, 0.5) is 0 Å². The molecule has 0 saturated carbocycles. The van der Waals surface area contributed by atoms with Crippen LogP contribution in [0.15, 0.2) is 54.6 Å². The van der Waals surface area contributed by atoms with Gasteiger partial charge in [-0.05, 0) is 23.3 Å². The Morgan fingerprint density at radius 2 is 1.89 bits per heavy atom. The predicted molar refractivity (Wildman–Crippen MR) is 80.3 cm³/mol. The van der Waals surface area contributed by atoms with Crippen molar-refractivity contribution in [3.63, 3.8) is 0 Å². The molecule has 19 heavy (non-hydrogen) atoms. The summed E-state index contributed by atoms with van der Waals surface area (Å²) in [5.74, 6) is 0.690. The van der Waals surface area contributed by atoms with Gasteiger partial charge in [-0.25, -0.2) is 0 Å². The second-order valence-corrected chi connectivity index (χ2v) is 4.51. The summed E-state index contributed by atoms with van der Waals surface area (Å²) >= 11 is 6.18. The van der Waals surface area contributed by atoms with Crippen LogP contribution < -0.4 is 10.5 Å². The zero-order valence-electron chi connectivity index (χ0n) is 10.6. The summed E-state index contributed by atoms with van der Waals surface area (Å²) in [6.45, 7) is 1.03. The highest BCUT2D eigenvalue weighted by Crippen LogP contribution is 2.26. The molecule has 0 heterocycles. The molecule has 2 aromatic carbocycles. The Morgan fingerprint density at radius 1 is 1.11 bits per heavy atom. The van der Waals surface area contributed by atoms with Gasteiger partial charge in [0.05, 0.1) is 5.02 Å². The van der Waals surface area contributed by atoms with Gasteiger partial charge in [0, 0.05) is 6.54 Å². The van der Waals surface area contributed by atoms with Gasteiger partial charge in [0.2, 0.25) is 0 Å². The lowest BCUT2D eigenvalue weighted by molar-refractivity contribution is 0.306. The molecule has 0 bridgehead atoms. The summed E-state index contributed by atoms with van der Waals surface area (Å²) < 4.78 is 5.70. The molecular weight excluding hydrogens is 258 g/mol. The molecule has 0 saturated heterocycles. The van der Waals surface area contributed by atoms with Gasteiger partial charge in [0.1, 0.15) is 12.4 Å². The predicted octanol–water partition coefficient (Wildman–Crippen LogP) is 3.89. The number of benzene rings is 2. The van der Waals surface area contributed by atoms with Gasteiger partial charge in [0.15, 0.2) is 0 Å². The van der Waals surface area contributed by atoms with E-state index in [1.807, 2.05) is 60.7 Å². The summed E-state index contributed by atoms with van der Waals surface area (Å²) in [7, 11) is 0. The third-order valence-corrected chi connectivity index (χ3v) is 2.93. The van der Waals surface area contributed by atoms with Crippen LogP contribution in [0.3, 0.4) is 0 Å². The quantitative estimate of drug-likeness (QED) is 0.897. The molecule has 0 radical (unpaired) electrons. The Morgan fingerprint density at radius 3 is 2.58 bits per heavy atom. The number of rotatable bonds is 5. The van der Waals surface area contributed by atoms with Crippen LogP contribution in [-0.4, -0.2) is 6.54 Å². The van der Waals surface area contributed by atoms with E-state index in [0.29, 0.717) is 23.9 Å². The van der Waals surface area contributed by atoms with Crippen LogP contribution in [0, 0.1) is 0 Å². The zero-order valence-corrected chi connectivity index (χ0v) is 11.3. The van der Waals surface area contributed by atoms with Crippen molar-refractivity contribution in [2.45, 2.75) is 6.61 Å². The largest absolute Gasteiger partial charge is 0.487 e. The van der Waals surface area contributed by atoms with Gasteiger partial charge in [-0.1, -0.05) is 60.2 Å². The van der Waals surface area contributed by atoms with Crippen molar-refractivity contribution in [2.24, 2.45) is 5.73 Å². The SMILES string of the molecule is NC/C=C/c1ccc(OCc2ccccc2)c(Cl)c1.